The third-order valence-electron chi connectivity index (χ3n) is 2.45. The first-order valence-corrected chi connectivity index (χ1v) is 6.89. The van der Waals surface area contributed by atoms with Gasteiger partial charge in [-0.2, -0.15) is 5.26 Å². The lowest BCUT2D eigenvalue weighted by atomic mass is 10.2. The highest BCUT2D eigenvalue weighted by molar-refractivity contribution is 7.92. The normalized spacial score (nSPS) is 10.8. The molecule has 0 aliphatic carbocycles. The molecule has 4 nitrogen and oxygen atoms in total. The number of sulfonamides is 1. The molecule has 0 saturated carbocycles. The van der Waals surface area contributed by atoms with Gasteiger partial charge in [0.15, 0.2) is 11.6 Å². The van der Waals surface area contributed by atoms with Crippen molar-refractivity contribution in [1.82, 2.24) is 0 Å². The van der Waals surface area contributed by atoms with Crippen LogP contribution in [0.15, 0.2) is 47.4 Å². The summed E-state index contributed by atoms with van der Waals surface area (Å²) in [6.45, 7) is 0. The lowest BCUT2D eigenvalue weighted by molar-refractivity contribution is 0.509. The number of nitrogens with one attached hydrogen (secondary N) is 1. The Balaban J connectivity index is 2.35. The zero-order chi connectivity index (χ0) is 14.8. The third-order valence-corrected chi connectivity index (χ3v) is 3.82. The lowest BCUT2D eigenvalue weighted by Crippen LogP contribution is -2.13. The largest absolute Gasteiger partial charge is 0.280 e. The number of nitrogens with zero attached hydrogens (tertiary/aromatic N) is 1. The fourth-order valence-corrected chi connectivity index (χ4v) is 2.60. The molecule has 102 valence electrons. The first-order chi connectivity index (χ1) is 9.42. The van der Waals surface area contributed by atoms with Gasteiger partial charge < -0.3 is 0 Å². The molecule has 7 heteroatoms. The number of halogens is 2. The Bertz CT molecular complexity index is 798. The smallest absolute Gasteiger partial charge is 0.261 e. The van der Waals surface area contributed by atoms with E-state index in [2.05, 4.69) is 4.72 Å². The van der Waals surface area contributed by atoms with Gasteiger partial charge in [-0.25, -0.2) is 17.2 Å². The maximum atomic E-state index is 13.0. The third kappa shape index (κ3) is 2.92. The SMILES string of the molecule is N#Cc1cccc(S(=O)(=O)Nc2ccc(F)c(F)c2)c1. The molecule has 0 spiro atoms. The number of benzene rings is 2. The fourth-order valence-electron chi connectivity index (χ4n) is 1.51. The Hall–Kier alpha value is -2.46. The van der Waals surface area contributed by atoms with Crippen molar-refractivity contribution in [3.8, 4) is 6.07 Å². The van der Waals surface area contributed by atoms with Crippen LogP contribution in [0.3, 0.4) is 0 Å². The van der Waals surface area contributed by atoms with Crippen molar-refractivity contribution in [2.75, 3.05) is 4.72 Å². The van der Waals surface area contributed by atoms with E-state index in [0.717, 1.165) is 18.2 Å². The molecule has 0 bridgehead atoms. The highest BCUT2D eigenvalue weighted by atomic mass is 32.2. The summed E-state index contributed by atoms with van der Waals surface area (Å²) in [6, 6.07) is 9.82. The summed E-state index contributed by atoms with van der Waals surface area (Å²) in [5, 5.41) is 8.73. The molecule has 0 aromatic heterocycles. The molecule has 0 amide bonds. The minimum absolute atomic E-state index is 0.105. The monoisotopic (exact) mass is 294 g/mol. The minimum atomic E-state index is -3.97. The molecule has 0 aliphatic heterocycles. The van der Waals surface area contributed by atoms with E-state index in [1.807, 2.05) is 6.07 Å². The Morgan fingerprint density at radius 3 is 2.45 bits per heavy atom. The second-order valence-electron chi connectivity index (χ2n) is 3.87. The van der Waals surface area contributed by atoms with Crippen LogP contribution in [-0.4, -0.2) is 8.42 Å². The minimum Gasteiger partial charge on any atom is -0.280 e. The number of hydrogen-bond donors (Lipinski definition) is 1. The second kappa shape index (κ2) is 5.27. The summed E-state index contributed by atoms with van der Waals surface area (Å²) in [7, 11) is -3.97. The van der Waals surface area contributed by atoms with Gasteiger partial charge in [0.05, 0.1) is 22.2 Å². The maximum absolute atomic E-state index is 13.0. The van der Waals surface area contributed by atoms with Crippen LogP contribution >= 0.6 is 0 Å². The predicted molar refractivity (Wildman–Crippen MR) is 68.3 cm³/mol. The highest BCUT2D eigenvalue weighted by Crippen LogP contribution is 2.19. The van der Waals surface area contributed by atoms with Gasteiger partial charge in [0.25, 0.3) is 10.0 Å². The van der Waals surface area contributed by atoms with Gasteiger partial charge in [0.1, 0.15) is 0 Å². The van der Waals surface area contributed by atoms with Crippen LogP contribution in [0.1, 0.15) is 5.56 Å². The lowest BCUT2D eigenvalue weighted by Gasteiger charge is -2.08. The van der Waals surface area contributed by atoms with Crippen molar-refractivity contribution in [3.63, 3.8) is 0 Å². The number of nitriles is 1. The van der Waals surface area contributed by atoms with E-state index in [1.165, 1.54) is 24.3 Å². The first-order valence-electron chi connectivity index (χ1n) is 5.40. The van der Waals surface area contributed by atoms with E-state index < -0.39 is 21.7 Å². The fraction of sp³-hybridized carbons (Fsp3) is 0. The molecule has 0 unspecified atom stereocenters. The quantitative estimate of drug-likeness (QED) is 0.946. The van der Waals surface area contributed by atoms with Crippen LogP contribution in [0.25, 0.3) is 0 Å². The summed E-state index contributed by atoms with van der Waals surface area (Å²) >= 11 is 0. The van der Waals surface area contributed by atoms with E-state index in [-0.39, 0.29) is 16.1 Å². The summed E-state index contributed by atoms with van der Waals surface area (Å²) in [6.07, 6.45) is 0. The molecule has 0 radical (unpaired) electrons. The Labute approximate surface area is 114 Å². The summed E-state index contributed by atoms with van der Waals surface area (Å²) < 4.78 is 52.0. The van der Waals surface area contributed by atoms with Gasteiger partial charge in [-0.1, -0.05) is 6.07 Å². The van der Waals surface area contributed by atoms with Gasteiger partial charge in [-0.3, -0.25) is 4.72 Å². The van der Waals surface area contributed by atoms with E-state index in [9.17, 15) is 17.2 Å². The zero-order valence-corrected chi connectivity index (χ0v) is 10.8. The summed E-state index contributed by atoms with van der Waals surface area (Å²) in [5.74, 6) is -2.23. The van der Waals surface area contributed by atoms with Crippen molar-refractivity contribution in [1.29, 1.82) is 5.26 Å². The van der Waals surface area contributed by atoms with E-state index in [4.69, 9.17) is 5.26 Å². The molecule has 0 heterocycles. The maximum Gasteiger partial charge on any atom is 0.261 e. The molecule has 0 atom stereocenters. The molecule has 2 aromatic rings. The van der Waals surface area contributed by atoms with E-state index in [0.29, 0.717) is 0 Å². The van der Waals surface area contributed by atoms with Gasteiger partial charge in [0.2, 0.25) is 0 Å². The molecule has 0 aliphatic rings. The van der Waals surface area contributed by atoms with Gasteiger partial charge in [-0.05, 0) is 30.3 Å². The van der Waals surface area contributed by atoms with Crippen molar-refractivity contribution in [3.05, 3.63) is 59.7 Å². The Kier molecular flexibility index (Phi) is 3.68. The Morgan fingerprint density at radius 2 is 1.80 bits per heavy atom. The van der Waals surface area contributed by atoms with Crippen LogP contribution < -0.4 is 4.72 Å². The van der Waals surface area contributed by atoms with E-state index >= 15 is 0 Å². The average molecular weight is 294 g/mol. The van der Waals surface area contributed by atoms with Crippen molar-refractivity contribution in [2.24, 2.45) is 0 Å². The van der Waals surface area contributed by atoms with Crippen LogP contribution in [0.5, 0.6) is 0 Å². The molecule has 1 N–H and O–H groups in total. The van der Waals surface area contributed by atoms with Crippen molar-refractivity contribution in [2.45, 2.75) is 4.90 Å². The Morgan fingerprint density at radius 1 is 1.05 bits per heavy atom. The number of hydrogen-bond acceptors (Lipinski definition) is 3. The van der Waals surface area contributed by atoms with Crippen molar-refractivity contribution < 1.29 is 17.2 Å². The van der Waals surface area contributed by atoms with Crippen molar-refractivity contribution >= 4 is 15.7 Å². The van der Waals surface area contributed by atoms with Gasteiger partial charge in [-0.15, -0.1) is 0 Å². The molecular weight excluding hydrogens is 286 g/mol. The van der Waals surface area contributed by atoms with Crippen LogP contribution in [-0.2, 0) is 10.0 Å². The zero-order valence-electron chi connectivity index (χ0n) is 9.97. The average Bonchev–Trinajstić information content (AvgIpc) is 2.43. The standard InChI is InChI=1S/C13H8F2N2O2S/c14-12-5-4-10(7-13(12)15)17-20(18,19)11-3-1-2-9(6-11)8-16/h1-7,17H. The van der Waals surface area contributed by atoms with Crippen LogP contribution in [0, 0.1) is 23.0 Å². The van der Waals surface area contributed by atoms with E-state index in [1.54, 1.807) is 0 Å². The second-order valence-corrected chi connectivity index (χ2v) is 5.56. The number of anilines is 1. The first kappa shape index (κ1) is 14.0. The molecule has 0 saturated heterocycles. The predicted octanol–water partition coefficient (Wildman–Crippen LogP) is 2.64. The van der Waals surface area contributed by atoms with Gasteiger partial charge >= 0.3 is 0 Å². The van der Waals surface area contributed by atoms with Crippen LogP contribution in [0.4, 0.5) is 14.5 Å². The van der Waals surface area contributed by atoms with Crippen LogP contribution in [0.2, 0.25) is 0 Å². The molecule has 0 fully saturated rings. The molecular formula is C13H8F2N2O2S. The van der Waals surface area contributed by atoms with Gasteiger partial charge in [0, 0.05) is 6.07 Å². The summed E-state index contributed by atoms with van der Waals surface area (Å²) in [4.78, 5) is -0.138. The number of rotatable bonds is 3. The molecule has 2 rings (SSSR count). The molecule has 20 heavy (non-hydrogen) atoms. The summed E-state index contributed by atoms with van der Waals surface area (Å²) in [5.41, 5.74) is 0.0735. The topological polar surface area (TPSA) is 70.0 Å². The molecule has 2 aromatic carbocycles. The highest BCUT2D eigenvalue weighted by Gasteiger charge is 2.15.